The van der Waals surface area contributed by atoms with Crippen molar-refractivity contribution in [3.05, 3.63) is 35.1 Å². The van der Waals surface area contributed by atoms with Gasteiger partial charge in [0.05, 0.1) is 29.4 Å². The molecule has 0 radical (unpaired) electrons. The fourth-order valence-electron chi connectivity index (χ4n) is 4.99. The molecule has 1 fully saturated rings. The van der Waals surface area contributed by atoms with Gasteiger partial charge in [0.1, 0.15) is 22.7 Å². The number of fused-ring (bicyclic) bond motifs is 4. The average molecular weight is 478 g/mol. The van der Waals surface area contributed by atoms with Crippen molar-refractivity contribution in [1.29, 1.82) is 0 Å². The zero-order chi connectivity index (χ0) is 23.1. The minimum Gasteiger partial charge on any atom is -0.492 e. The van der Waals surface area contributed by atoms with Crippen LogP contribution in [-0.2, 0) is 12.8 Å². The molecule has 1 unspecified atom stereocenters. The second-order valence-corrected chi connectivity index (χ2v) is 9.94. The summed E-state index contributed by atoms with van der Waals surface area (Å²) in [5, 5.41) is 16.0. The van der Waals surface area contributed by atoms with E-state index in [0.29, 0.717) is 6.61 Å². The molecule has 2 amide bonds. The highest BCUT2D eigenvalue weighted by molar-refractivity contribution is 7.19. The van der Waals surface area contributed by atoms with Gasteiger partial charge in [-0.2, -0.15) is 5.10 Å². The summed E-state index contributed by atoms with van der Waals surface area (Å²) in [5.74, 6) is 1.53. The van der Waals surface area contributed by atoms with Crippen LogP contribution < -0.4 is 15.4 Å². The van der Waals surface area contributed by atoms with Crippen LogP contribution in [0.1, 0.15) is 36.6 Å². The average Bonchev–Trinajstić information content (AvgIpc) is 3.59. The number of aromatic amines is 1. The van der Waals surface area contributed by atoms with E-state index in [9.17, 15) is 4.79 Å². The lowest BCUT2D eigenvalue weighted by Gasteiger charge is -2.26. The van der Waals surface area contributed by atoms with E-state index in [0.717, 1.165) is 83.6 Å². The van der Waals surface area contributed by atoms with Crippen LogP contribution in [0.4, 0.5) is 16.3 Å². The molecule has 6 rings (SSSR count). The number of urea groups is 1. The summed E-state index contributed by atoms with van der Waals surface area (Å²) in [6.07, 6.45) is 8.25. The molecule has 0 bridgehead atoms. The summed E-state index contributed by atoms with van der Waals surface area (Å²) in [6, 6.07) is 4.22. The molecule has 0 saturated carbocycles. The summed E-state index contributed by atoms with van der Waals surface area (Å²) < 4.78 is 5.89. The van der Waals surface area contributed by atoms with Crippen molar-refractivity contribution >= 4 is 50.0 Å². The van der Waals surface area contributed by atoms with Crippen LogP contribution in [0.5, 0.6) is 5.75 Å². The molecule has 34 heavy (non-hydrogen) atoms. The Morgan fingerprint density at radius 2 is 2.18 bits per heavy atom. The number of ether oxygens (including phenoxy) is 1. The highest BCUT2D eigenvalue weighted by Gasteiger charge is 2.28. The number of benzene rings is 1. The minimum atomic E-state index is 0.0762. The van der Waals surface area contributed by atoms with E-state index in [1.54, 1.807) is 23.9 Å². The second-order valence-electron chi connectivity index (χ2n) is 8.85. The number of H-pyrrole nitrogens is 1. The third kappa shape index (κ3) is 3.81. The van der Waals surface area contributed by atoms with Crippen molar-refractivity contribution in [2.75, 3.05) is 25.0 Å². The van der Waals surface area contributed by atoms with Gasteiger partial charge in [0.25, 0.3) is 0 Å². The first-order chi connectivity index (χ1) is 16.7. The van der Waals surface area contributed by atoms with Gasteiger partial charge in [-0.05, 0) is 44.2 Å². The Balaban J connectivity index is 1.29. The summed E-state index contributed by atoms with van der Waals surface area (Å²) in [4.78, 5) is 25.9. The zero-order valence-electron chi connectivity index (χ0n) is 19.1. The predicted octanol–water partition coefficient (Wildman–Crippen LogP) is 4.37. The number of rotatable bonds is 5. The Labute approximate surface area is 200 Å². The number of carbonyl (C=O) groups excluding carboxylic acids is 1. The van der Waals surface area contributed by atoms with E-state index in [1.165, 1.54) is 10.4 Å². The maximum Gasteiger partial charge on any atom is 0.317 e. The Bertz CT molecular complexity index is 1360. The van der Waals surface area contributed by atoms with Crippen molar-refractivity contribution in [1.82, 2.24) is 30.4 Å². The van der Waals surface area contributed by atoms with Crippen LogP contribution in [-0.4, -0.2) is 56.8 Å². The Hall–Kier alpha value is -3.40. The van der Waals surface area contributed by atoms with Crippen molar-refractivity contribution < 1.29 is 9.53 Å². The van der Waals surface area contributed by atoms with Gasteiger partial charge < -0.3 is 20.3 Å². The van der Waals surface area contributed by atoms with Crippen LogP contribution >= 0.6 is 11.3 Å². The van der Waals surface area contributed by atoms with Gasteiger partial charge in [0, 0.05) is 41.9 Å². The lowest BCUT2D eigenvalue weighted by Crippen LogP contribution is -2.45. The van der Waals surface area contributed by atoms with Crippen LogP contribution in [0.2, 0.25) is 0 Å². The van der Waals surface area contributed by atoms with E-state index in [1.807, 2.05) is 24.0 Å². The third-order valence-corrected chi connectivity index (χ3v) is 7.82. The van der Waals surface area contributed by atoms with Crippen molar-refractivity contribution in [3.63, 3.8) is 0 Å². The molecule has 3 N–H and O–H groups in total. The molecule has 1 aromatic carbocycles. The molecule has 4 aromatic rings. The largest absolute Gasteiger partial charge is 0.492 e. The number of anilines is 2. The van der Waals surface area contributed by atoms with Crippen molar-refractivity contribution in [3.8, 4) is 5.75 Å². The first kappa shape index (κ1) is 21.2. The van der Waals surface area contributed by atoms with E-state index < -0.39 is 0 Å². The topological polar surface area (TPSA) is 108 Å². The number of hydrogen-bond donors (Lipinski definition) is 3. The smallest absolute Gasteiger partial charge is 0.317 e. The quantitative estimate of drug-likeness (QED) is 0.394. The van der Waals surface area contributed by atoms with Crippen LogP contribution in [0.15, 0.2) is 24.7 Å². The molecule has 3 aromatic heterocycles. The van der Waals surface area contributed by atoms with E-state index in [4.69, 9.17) is 4.74 Å². The molecule has 2 aliphatic rings. The third-order valence-electron chi connectivity index (χ3n) is 6.66. The standard InChI is InChI=1S/C24H27N7O2S/c1-2-33-19-11-17-14(12-27-30-17)9-18(19)29-22-21-16-6-5-15(28-24(32)31-7-3-4-8-31)10-20(16)34-23(21)26-13-25-22/h9,11-13,15H,2-8,10H2,1H3,(H,27,30)(H,28,32)(H,25,26,29). The van der Waals surface area contributed by atoms with Gasteiger partial charge in [-0.3, -0.25) is 5.10 Å². The van der Waals surface area contributed by atoms with Gasteiger partial charge in [-0.25, -0.2) is 14.8 Å². The fraction of sp³-hybridized carbons (Fsp3) is 0.417. The maximum atomic E-state index is 12.6. The van der Waals surface area contributed by atoms with Gasteiger partial charge in [-0.1, -0.05) is 0 Å². The SMILES string of the molecule is CCOc1cc2[nH]ncc2cc1Nc1ncnc2sc3c(c12)CCC(NC(=O)N1CCCC1)C3. The first-order valence-corrected chi connectivity index (χ1v) is 12.7. The molecule has 4 heterocycles. The molecule has 1 aliphatic heterocycles. The van der Waals surface area contributed by atoms with Crippen LogP contribution in [0, 0.1) is 0 Å². The fourth-order valence-corrected chi connectivity index (χ4v) is 6.25. The van der Waals surface area contributed by atoms with Gasteiger partial charge in [0.2, 0.25) is 0 Å². The van der Waals surface area contributed by atoms with Crippen LogP contribution in [0.3, 0.4) is 0 Å². The number of nitrogens with one attached hydrogen (secondary N) is 3. The van der Waals surface area contributed by atoms with Gasteiger partial charge in [0.15, 0.2) is 0 Å². The Kier molecular flexibility index (Phi) is 5.44. The Morgan fingerprint density at radius 1 is 1.29 bits per heavy atom. The minimum absolute atomic E-state index is 0.0762. The summed E-state index contributed by atoms with van der Waals surface area (Å²) in [6.45, 7) is 4.27. The lowest BCUT2D eigenvalue weighted by molar-refractivity contribution is 0.203. The molecule has 176 valence electrons. The zero-order valence-corrected chi connectivity index (χ0v) is 19.9. The van der Waals surface area contributed by atoms with Crippen molar-refractivity contribution in [2.24, 2.45) is 0 Å². The number of aryl methyl sites for hydroxylation is 1. The summed E-state index contributed by atoms with van der Waals surface area (Å²) in [5.41, 5.74) is 3.07. The molecule has 1 atom stereocenters. The number of nitrogens with zero attached hydrogens (tertiary/aromatic N) is 4. The molecule has 1 saturated heterocycles. The Morgan fingerprint density at radius 3 is 3.03 bits per heavy atom. The summed E-state index contributed by atoms with van der Waals surface area (Å²) in [7, 11) is 0. The lowest BCUT2D eigenvalue weighted by atomic mass is 9.93. The second kappa shape index (κ2) is 8.75. The molecule has 0 spiro atoms. The number of likely N-dealkylation sites (tertiary alicyclic amines) is 1. The van der Waals surface area contributed by atoms with Gasteiger partial charge >= 0.3 is 6.03 Å². The van der Waals surface area contributed by atoms with E-state index in [2.05, 4.69) is 30.8 Å². The first-order valence-electron chi connectivity index (χ1n) is 11.9. The number of amides is 2. The molecule has 10 heteroatoms. The highest BCUT2D eigenvalue weighted by Crippen LogP contribution is 2.40. The number of hydrogen-bond acceptors (Lipinski definition) is 7. The molecule has 9 nitrogen and oxygen atoms in total. The van der Waals surface area contributed by atoms with E-state index >= 15 is 0 Å². The molecule has 1 aliphatic carbocycles. The summed E-state index contributed by atoms with van der Waals surface area (Å²) >= 11 is 1.70. The number of carbonyl (C=O) groups is 1. The number of thiophene rings is 1. The van der Waals surface area contributed by atoms with Crippen molar-refractivity contribution in [2.45, 2.75) is 45.1 Å². The maximum absolute atomic E-state index is 12.6. The monoisotopic (exact) mass is 477 g/mol. The molecular formula is C24H27N7O2S. The normalized spacial score (nSPS) is 17.8. The number of aromatic nitrogens is 4. The highest BCUT2D eigenvalue weighted by atomic mass is 32.1. The molecular weight excluding hydrogens is 450 g/mol. The van der Waals surface area contributed by atoms with Crippen LogP contribution in [0.25, 0.3) is 21.1 Å². The van der Waals surface area contributed by atoms with E-state index in [-0.39, 0.29) is 12.1 Å². The van der Waals surface area contributed by atoms with Gasteiger partial charge in [-0.15, -0.1) is 11.3 Å². The predicted molar refractivity (Wildman–Crippen MR) is 133 cm³/mol.